The highest BCUT2D eigenvalue weighted by molar-refractivity contribution is 8.00. The van der Waals surface area contributed by atoms with E-state index in [4.69, 9.17) is 11.6 Å². The van der Waals surface area contributed by atoms with Gasteiger partial charge in [-0.05, 0) is 53.1 Å². The highest BCUT2D eigenvalue weighted by Crippen LogP contribution is 2.24. The van der Waals surface area contributed by atoms with Crippen LogP contribution in [0.4, 0.5) is 5.82 Å². The summed E-state index contributed by atoms with van der Waals surface area (Å²) in [6.07, 6.45) is 1.48. The lowest BCUT2D eigenvalue weighted by Crippen LogP contribution is -2.23. The first-order valence-corrected chi connectivity index (χ1v) is 9.67. The van der Waals surface area contributed by atoms with Gasteiger partial charge in [-0.15, -0.1) is 5.10 Å². The van der Waals surface area contributed by atoms with Crippen molar-refractivity contribution in [1.82, 2.24) is 25.2 Å². The smallest absolute Gasteiger partial charge is 0.238 e. The van der Waals surface area contributed by atoms with Crippen LogP contribution in [0.25, 0.3) is 5.69 Å². The molecule has 27 heavy (non-hydrogen) atoms. The summed E-state index contributed by atoms with van der Waals surface area (Å²) in [5.74, 6) is 0.701. The van der Waals surface area contributed by atoms with Crippen LogP contribution in [0.3, 0.4) is 0 Å². The van der Waals surface area contributed by atoms with Crippen LogP contribution < -0.4 is 5.32 Å². The van der Waals surface area contributed by atoms with Crippen molar-refractivity contribution in [2.75, 3.05) is 5.32 Å². The minimum Gasteiger partial charge on any atom is -0.310 e. The van der Waals surface area contributed by atoms with E-state index in [0.717, 1.165) is 5.69 Å². The normalized spacial score (nSPS) is 12.2. The number of rotatable bonds is 6. The number of amides is 1. The third kappa shape index (κ3) is 4.84. The molecule has 0 spiro atoms. The van der Waals surface area contributed by atoms with Gasteiger partial charge in [0.2, 0.25) is 11.1 Å². The number of carbonyl (C=O) groups excluding carboxylic acids is 1. The first-order chi connectivity index (χ1) is 12.9. The Balaban J connectivity index is 1.69. The lowest BCUT2D eigenvalue weighted by molar-refractivity contribution is -0.115. The van der Waals surface area contributed by atoms with Crippen LogP contribution >= 0.6 is 23.4 Å². The van der Waals surface area contributed by atoms with Gasteiger partial charge in [0.15, 0.2) is 0 Å². The fourth-order valence-electron chi connectivity index (χ4n) is 2.30. The molecule has 1 amide bonds. The van der Waals surface area contributed by atoms with Crippen molar-refractivity contribution in [2.45, 2.75) is 37.1 Å². The van der Waals surface area contributed by atoms with Gasteiger partial charge >= 0.3 is 0 Å². The molecule has 7 nitrogen and oxygen atoms in total. The Labute approximate surface area is 166 Å². The number of carbonyl (C=O) groups is 1. The molecule has 0 aliphatic carbocycles. The van der Waals surface area contributed by atoms with Gasteiger partial charge in [0.05, 0.1) is 16.0 Å². The van der Waals surface area contributed by atoms with E-state index in [1.165, 1.54) is 23.5 Å². The van der Waals surface area contributed by atoms with Crippen molar-refractivity contribution in [2.24, 2.45) is 0 Å². The summed E-state index contributed by atoms with van der Waals surface area (Å²) in [6, 6.07) is 11.4. The molecule has 2 heterocycles. The Morgan fingerprint density at radius 1 is 1.15 bits per heavy atom. The Morgan fingerprint density at radius 2 is 1.89 bits per heavy atom. The molecule has 140 valence electrons. The fourth-order valence-corrected chi connectivity index (χ4v) is 3.22. The van der Waals surface area contributed by atoms with Crippen molar-refractivity contribution >= 4 is 35.1 Å². The van der Waals surface area contributed by atoms with E-state index < -0.39 is 5.25 Å². The molecule has 0 saturated heterocycles. The van der Waals surface area contributed by atoms with Crippen LogP contribution in [0, 0.1) is 0 Å². The second kappa shape index (κ2) is 8.49. The summed E-state index contributed by atoms with van der Waals surface area (Å²) in [4.78, 5) is 16.5. The largest absolute Gasteiger partial charge is 0.310 e. The number of halogens is 1. The van der Waals surface area contributed by atoms with Crippen LogP contribution in [0.1, 0.15) is 32.3 Å². The van der Waals surface area contributed by atoms with Crippen molar-refractivity contribution in [3.8, 4) is 5.69 Å². The topological polar surface area (TPSA) is 85.6 Å². The molecule has 0 saturated carbocycles. The monoisotopic (exact) mass is 402 g/mol. The Bertz CT molecular complexity index is 910. The van der Waals surface area contributed by atoms with Gasteiger partial charge in [0.25, 0.3) is 0 Å². The molecule has 3 rings (SSSR count). The van der Waals surface area contributed by atoms with Crippen molar-refractivity contribution in [3.63, 3.8) is 0 Å². The molecule has 0 unspecified atom stereocenters. The Kier molecular flexibility index (Phi) is 6.08. The van der Waals surface area contributed by atoms with Crippen molar-refractivity contribution in [1.29, 1.82) is 0 Å². The first-order valence-electron chi connectivity index (χ1n) is 8.42. The predicted octanol–water partition coefficient (Wildman–Crippen LogP) is 3.95. The highest BCUT2D eigenvalue weighted by Gasteiger charge is 2.19. The van der Waals surface area contributed by atoms with Gasteiger partial charge in [0.1, 0.15) is 5.82 Å². The van der Waals surface area contributed by atoms with Crippen molar-refractivity contribution in [3.05, 3.63) is 53.2 Å². The number of benzene rings is 1. The zero-order valence-electron chi connectivity index (χ0n) is 15.1. The maximum absolute atomic E-state index is 12.4. The second-order valence-corrected chi connectivity index (χ2v) is 7.97. The molecule has 0 fully saturated rings. The summed E-state index contributed by atoms with van der Waals surface area (Å²) in [5.41, 5.74) is 2.09. The number of thioether (sulfide) groups is 1. The third-order valence-electron chi connectivity index (χ3n) is 3.88. The molecule has 1 atom stereocenters. The molecule has 1 aromatic carbocycles. The van der Waals surface area contributed by atoms with Gasteiger partial charge in [-0.2, -0.15) is 4.68 Å². The molecule has 1 N–H and O–H groups in total. The SMILES string of the molecule is CC(C)c1ccc(-n2nnnc2S[C@@H](C)C(=O)Nc2ccc(Cl)cn2)cc1. The predicted molar refractivity (Wildman–Crippen MR) is 106 cm³/mol. The average molecular weight is 403 g/mol. The number of anilines is 1. The van der Waals surface area contributed by atoms with Crippen molar-refractivity contribution < 1.29 is 4.79 Å². The number of tetrazole rings is 1. The van der Waals surface area contributed by atoms with E-state index in [9.17, 15) is 4.79 Å². The van der Waals surface area contributed by atoms with E-state index in [2.05, 4.69) is 51.8 Å². The second-order valence-electron chi connectivity index (χ2n) is 6.23. The summed E-state index contributed by atoms with van der Waals surface area (Å²) in [6.45, 7) is 6.07. The van der Waals surface area contributed by atoms with E-state index in [0.29, 0.717) is 21.9 Å². The molecule has 0 bridgehead atoms. The van der Waals surface area contributed by atoms with E-state index in [-0.39, 0.29) is 5.91 Å². The Hall–Kier alpha value is -2.45. The first kappa shape index (κ1) is 19.3. The number of nitrogens with zero attached hydrogens (tertiary/aromatic N) is 5. The third-order valence-corrected chi connectivity index (χ3v) is 5.13. The zero-order chi connectivity index (χ0) is 19.4. The van der Waals surface area contributed by atoms with Gasteiger partial charge in [-0.3, -0.25) is 4.79 Å². The van der Waals surface area contributed by atoms with Crippen LogP contribution in [0.5, 0.6) is 0 Å². The lowest BCUT2D eigenvalue weighted by Gasteiger charge is -2.12. The van der Waals surface area contributed by atoms with Crippen LogP contribution in [-0.2, 0) is 4.79 Å². The van der Waals surface area contributed by atoms with Crippen LogP contribution in [0.2, 0.25) is 5.02 Å². The minimum atomic E-state index is -0.415. The molecule has 3 aromatic rings. The molecule has 0 radical (unpaired) electrons. The zero-order valence-corrected chi connectivity index (χ0v) is 16.7. The number of hydrogen-bond acceptors (Lipinski definition) is 6. The summed E-state index contributed by atoms with van der Waals surface area (Å²) in [5, 5.41) is 15.2. The number of hydrogen-bond donors (Lipinski definition) is 1. The average Bonchev–Trinajstić information content (AvgIpc) is 3.11. The summed E-state index contributed by atoms with van der Waals surface area (Å²) >= 11 is 7.08. The number of nitrogens with one attached hydrogen (secondary N) is 1. The molecule has 0 aliphatic rings. The number of pyridine rings is 1. The maximum atomic E-state index is 12.4. The quantitative estimate of drug-likeness (QED) is 0.628. The Morgan fingerprint density at radius 3 is 2.52 bits per heavy atom. The fraction of sp³-hybridized carbons (Fsp3) is 0.278. The molecular formula is C18H19ClN6OS. The van der Waals surface area contributed by atoms with Gasteiger partial charge in [-0.1, -0.05) is 49.3 Å². The summed E-state index contributed by atoms with van der Waals surface area (Å²) in [7, 11) is 0. The molecular weight excluding hydrogens is 384 g/mol. The highest BCUT2D eigenvalue weighted by atomic mass is 35.5. The molecule has 2 aromatic heterocycles. The minimum absolute atomic E-state index is 0.195. The van der Waals surface area contributed by atoms with Gasteiger partial charge in [0, 0.05) is 6.20 Å². The van der Waals surface area contributed by atoms with E-state index >= 15 is 0 Å². The van der Waals surface area contributed by atoms with E-state index in [1.807, 2.05) is 12.1 Å². The van der Waals surface area contributed by atoms with Crippen LogP contribution in [-0.4, -0.2) is 36.3 Å². The molecule has 0 aliphatic heterocycles. The maximum Gasteiger partial charge on any atom is 0.238 e. The lowest BCUT2D eigenvalue weighted by atomic mass is 10.0. The number of aromatic nitrogens is 5. The van der Waals surface area contributed by atoms with E-state index in [1.54, 1.807) is 23.7 Å². The van der Waals surface area contributed by atoms with Gasteiger partial charge in [-0.25, -0.2) is 4.98 Å². The van der Waals surface area contributed by atoms with Crippen LogP contribution in [0.15, 0.2) is 47.8 Å². The summed E-state index contributed by atoms with van der Waals surface area (Å²) < 4.78 is 1.62. The standard InChI is InChI=1S/C18H19ClN6OS/c1-11(2)13-4-7-15(8-5-13)25-18(22-23-24-25)27-12(3)17(26)21-16-9-6-14(19)10-20-16/h4-12H,1-3H3,(H,20,21,26)/t12-/m0/s1. The van der Waals surface area contributed by atoms with Gasteiger partial charge < -0.3 is 5.32 Å². The molecule has 9 heteroatoms.